The fourth-order valence-electron chi connectivity index (χ4n) is 2.61. The van der Waals surface area contributed by atoms with Gasteiger partial charge in [-0.05, 0) is 36.6 Å². The molecule has 1 atom stereocenters. The maximum atomic E-state index is 9.19. The van der Waals surface area contributed by atoms with E-state index in [2.05, 4.69) is 47.2 Å². The van der Waals surface area contributed by atoms with Crippen molar-refractivity contribution in [1.29, 1.82) is 5.26 Å². The van der Waals surface area contributed by atoms with Crippen molar-refractivity contribution >= 4 is 11.8 Å². The second-order valence-corrected chi connectivity index (χ2v) is 7.29. The molecule has 2 aromatic heterocycles. The van der Waals surface area contributed by atoms with Gasteiger partial charge in [0.25, 0.3) is 0 Å². The number of pyridine rings is 1. The van der Waals surface area contributed by atoms with Gasteiger partial charge >= 0.3 is 0 Å². The Labute approximate surface area is 151 Å². The molecule has 5 nitrogen and oxygen atoms in total. The molecule has 1 aromatic carbocycles. The number of para-hydroxylation sites is 1. The third kappa shape index (κ3) is 3.57. The molecule has 0 aliphatic rings. The van der Waals surface area contributed by atoms with Gasteiger partial charge in [-0.15, -0.1) is 10.2 Å². The molecule has 3 aromatic rings. The quantitative estimate of drug-likeness (QED) is 0.636. The molecule has 0 amide bonds. The standard InChI is InChI=1S/C19H19N5S/c1-13(2)16-8-4-5-9-17(16)24-18(15-7-6-10-21-12-15)22-23-19(24)25-14(3)11-20/h4-10,12-14H,1-3H3/t14-/m0/s1. The van der Waals surface area contributed by atoms with E-state index in [1.807, 2.05) is 35.8 Å². The Hall–Kier alpha value is -2.65. The second kappa shape index (κ2) is 7.49. The summed E-state index contributed by atoms with van der Waals surface area (Å²) in [6.45, 7) is 6.19. The van der Waals surface area contributed by atoms with Gasteiger partial charge < -0.3 is 0 Å². The third-order valence-electron chi connectivity index (χ3n) is 3.82. The Kier molecular flexibility index (Phi) is 5.15. The molecule has 0 aliphatic carbocycles. The molecule has 0 fully saturated rings. The fourth-order valence-corrected chi connectivity index (χ4v) is 3.36. The van der Waals surface area contributed by atoms with Crippen LogP contribution in [0.15, 0.2) is 53.9 Å². The number of hydrogen-bond donors (Lipinski definition) is 0. The highest BCUT2D eigenvalue weighted by Crippen LogP contribution is 2.33. The summed E-state index contributed by atoms with van der Waals surface area (Å²) in [6.07, 6.45) is 3.51. The van der Waals surface area contributed by atoms with Crippen LogP contribution in [0.2, 0.25) is 0 Å². The lowest BCUT2D eigenvalue weighted by atomic mass is 10.0. The van der Waals surface area contributed by atoms with Crippen LogP contribution in [0.25, 0.3) is 17.1 Å². The molecule has 2 heterocycles. The summed E-state index contributed by atoms with van der Waals surface area (Å²) in [4.78, 5) is 4.20. The van der Waals surface area contributed by atoms with Gasteiger partial charge in [0.2, 0.25) is 0 Å². The number of hydrogen-bond acceptors (Lipinski definition) is 5. The van der Waals surface area contributed by atoms with Crippen LogP contribution in [0.4, 0.5) is 0 Å². The van der Waals surface area contributed by atoms with E-state index in [1.54, 1.807) is 12.4 Å². The maximum absolute atomic E-state index is 9.19. The van der Waals surface area contributed by atoms with Crippen LogP contribution >= 0.6 is 11.8 Å². The van der Waals surface area contributed by atoms with Crippen molar-refractivity contribution in [2.45, 2.75) is 37.1 Å². The van der Waals surface area contributed by atoms with Crippen LogP contribution in [-0.2, 0) is 0 Å². The van der Waals surface area contributed by atoms with Crippen LogP contribution < -0.4 is 0 Å². The minimum Gasteiger partial charge on any atom is -0.270 e. The zero-order valence-corrected chi connectivity index (χ0v) is 15.2. The number of nitrogens with zero attached hydrogens (tertiary/aromatic N) is 5. The zero-order valence-electron chi connectivity index (χ0n) is 14.4. The van der Waals surface area contributed by atoms with E-state index in [9.17, 15) is 5.26 Å². The Morgan fingerprint density at radius 2 is 1.88 bits per heavy atom. The number of thioether (sulfide) groups is 1. The lowest BCUT2D eigenvalue weighted by molar-refractivity contribution is 0.818. The van der Waals surface area contributed by atoms with Crippen LogP contribution in [0.3, 0.4) is 0 Å². The summed E-state index contributed by atoms with van der Waals surface area (Å²) in [6, 6.07) is 14.3. The van der Waals surface area contributed by atoms with Gasteiger partial charge in [0.05, 0.1) is 17.0 Å². The highest BCUT2D eigenvalue weighted by Gasteiger charge is 2.20. The van der Waals surface area contributed by atoms with E-state index < -0.39 is 0 Å². The number of nitriles is 1. The smallest absolute Gasteiger partial charge is 0.197 e. The van der Waals surface area contributed by atoms with Gasteiger partial charge in [-0.25, -0.2) is 0 Å². The monoisotopic (exact) mass is 349 g/mol. The lowest BCUT2D eigenvalue weighted by Crippen LogP contribution is -2.06. The molecule has 0 bridgehead atoms. The van der Waals surface area contributed by atoms with E-state index in [0.717, 1.165) is 17.1 Å². The normalized spacial score (nSPS) is 12.1. The Bertz CT molecular complexity index is 896. The molecular formula is C19H19N5S. The molecule has 6 heteroatoms. The highest BCUT2D eigenvalue weighted by molar-refractivity contribution is 8.00. The highest BCUT2D eigenvalue weighted by atomic mass is 32.2. The van der Waals surface area contributed by atoms with Crippen LogP contribution in [0.5, 0.6) is 0 Å². The Balaban J connectivity index is 2.22. The van der Waals surface area contributed by atoms with Crippen molar-refractivity contribution in [1.82, 2.24) is 19.7 Å². The summed E-state index contributed by atoms with van der Waals surface area (Å²) in [5.74, 6) is 1.08. The van der Waals surface area contributed by atoms with Crippen LogP contribution in [0, 0.1) is 11.3 Å². The first-order valence-electron chi connectivity index (χ1n) is 8.13. The van der Waals surface area contributed by atoms with Crippen molar-refractivity contribution in [3.8, 4) is 23.1 Å². The van der Waals surface area contributed by atoms with E-state index in [-0.39, 0.29) is 5.25 Å². The maximum Gasteiger partial charge on any atom is 0.197 e. The van der Waals surface area contributed by atoms with E-state index in [1.165, 1.54) is 17.3 Å². The average molecular weight is 349 g/mol. The van der Waals surface area contributed by atoms with E-state index in [4.69, 9.17) is 0 Å². The molecule has 0 unspecified atom stereocenters. The SMILES string of the molecule is CC(C)c1ccccc1-n1c(S[C@@H](C)C#N)nnc1-c1cccnc1. The first kappa shape index (κ1) is 17.2. The molecule has 126 valence electrons. The van der Waals surface area contributed by atoms with Gasteiger partial charge in [-0.2, -0.15) is 5.26 Å². The summed E-state index contributed by atoms with van der Waals surface area (Å²) < 4.78 is 2.03. The molecule has 3 rings (SSSR count). The predicted octanol–water partition coefficient (Wildman–Crippen LogP) is 4.46. The van der Waals surface area contributed by atoms with Gasteiger partial charge in [-0.3, -0.25) is 9.55 Å². The molecule has 0 N–H and O–H groups in total. The summed E-state index contributed by atoms with van der Waals surface area (Å²) in [5.41, 5.74) is 3.14. The molecule has 0 aliphatic heterocycles. The van der Waals surface area contributed by atoms with Gasteiger partial charge in [-0.1, -0.05) is 43.8 Å². The number of aromatic nitrogens is 4. The van der Waals surface area contributed by atoms with Crippen LogP contribution in [0.1, 0.15) is 32.3 Å². The van der Waals surface area contributed by atoms with Crippen molar-refractivity contribution < 1.29 is 0 Å². The topological polar surface area (TPSA) is 67.4 Å². The average Bonchev–Trinajstić information content (AvgIpc) is 3.05. The van der Waals surface area contributed by atoms with Crippen molar-refractivity contribution in [3.05, 3.63) is 54.4 Å². The lowest BCUT2D eigenvalue weighted by Gasteiger charge is -2.17. The summed E-state index contributed by atoms with van der Waals surface area (Å²) in [7, 11) is 0. The van der Waals surface area contributed by atoms with Gasteiger partial charge in [0.15, 0.2) is 11.0 Å². The van der Waals surface area contributed by atoms with Gasteiger partial charge in [0.1, 0.15) is 0 Å². The van der Waals surface area contributed by atoms with E-state index in [0.29, 0.717) is 11.1 Å². The molecule has 0 spiro atoms. The second-order valence-electron chi connectivity index (χ2n) is 5.99. The molecule has 25 heavy (non-hydrogen) atoms. The third-order valence-corrected chi connectivity index (χ3v) is 4.75. The molecule has 0 saturated heterocycles. The largest absolute Gasteiger partial charge is 0.270 e. The number of rotatable bonds is 5. The first-order chi connectivity index (χ1) is 12.1. The van der Waals surface area contributed by atoms with Crippen molar-refractivity contribution in [2.75, 3.05) is 0 Å². The van der Waals surface area contributed by atoms with E-state index >= 15 is 0 Å². The Morgan fingerprint density at radius 1 is 1.08 bits per heavy atom. The minimum atomic E-state index is -0.212. The van der Waals surface area contributed by atoms with Crippen molar-refractivity contribution in [2.24, 2.45) is 0 Å². The number of benzene rings is 1. The molecule has 0 radical (unpaired) electrons. The Morgan fingerprint density at radius 3 is 2.56 bits per heavy atom. The predicted molar refractivity (Wildman–Crippen MR) is 99.6 cm³/mol. The zero-order chi connectivity index (χ0) is 17.8. The fraction of sp³-hybridized carbons (Fsp3) is 0.263. The van der Waals surface area contributed by atoms with Crippen LogP contribution in [-0.4, -0.2) is 25.0 Å². The first-order valence-corrected chi connectivity index (χ1v) is 9.01. The van der Waals surface area contributed by atoms with Crippen molar-refractivity contribution in [3.63, 3.8) is 0 Å². The summed E-state index contributed by atoms with van der Waals surface area (Å²) in [5, 5.41) is 18.4. The summed E-state index contributed by atoms with van der Waals surface area (Å²) >= 11 is 1.41. The molecular weight excluding hydrogens is 330 g/mol. The van der Waals surface area contributed by atoms with Gasteiger partial charge in [0, 0.05) is 18.0 Å². The minimum absolute atomic E-state index is 0.212. The molecule has 0 saturated carbocycles.